The van der Waals surface area contributed by atoms with Crippen molar-refractivity contribution in [1.82, 2.24) is 0 Å². The van der Waals surface area contributed by atoms with Gasteiger partial charge in [0.15, 0.2) is 5.78 Å². The van der Waals surface area contributed by atoms with Gasteiger partial charge in [0.2, 0.25) is 0 Å². The van der Waals surface area contributed by atoms with E-state index >= 15 is 0 Å². The van der Waals surface area contributed by atoms with Crippen molar-refractivity contribution in [3.63, 3.8) is 0 Å². The van der Waals surface area contributed by atoms with Crippen LogP contribution in [-0.4, -0.2) is 16.9 Å². The summed E-state index contributed by atoms with van der Waals surface area (Å²) >= 11 is 0. The first-order valence-corrected chi connectivity index (χ1v) is 5.34. The minimum Gasteiger partial charge on any atom is -0.478 e. The molecule has 1 N–H and O–H groups in total. The lowest BCUT2D eigenvalue weighted by Crippen LogP contribution is -2.06. The molecule has 0 saturated heterocycles. The third-order valence-corrected chi connectivity index (χ3v) is 2.79. The van der Waals surface area contributed by atoms with Gasteiger partial charge in [-0.2, -0.15) is 0 Å². The second-order valence-electron chi connectivity index (χ2n) is 3.99. The van der Waals surface area contributed by atoms with Gasteiger partial charge in [-0.3, -0.25) is 4.79 Å². The van der Waals surface area contributed by atoms with Gasteiger partial charge < -0.3 is 5.11 Å². The zero-order valence-corrected chi connectivity index (χ0v) is 9.07. The molecular weight excluding hydrogens is 223 g/mol. The minimum atomic E-state index is -1.13. The van der Waals surface area contributed by atoms with Crippen molar-refractivity contribution in [1.29, 1.82) is 0 Å². The molecule has 2 rings (SSSR count). The number of ketones is 1. The maximum absolute atomic E-state index is 13.0. The van der Waals surface area contributed by atoms with Crippen LogP contribution in [0.15, 0.2) is 29.8 Å². The van der Waals surface area contributed by atoms with Gasteiger partial charge in [-0.25, -0.2) is 9.18 Å². The average molecular weight is 234 g/mol. The molecule has 1 aromatic rings. The number of rotatable bonds is 1. The lowest BCUT2D eigenvalue weighted by molar-refractivity contribution is -0.131. The Morgan fingerprint density at radius 1 is 1.35 bits per heavy atom. The van der Waals surface area contributed by atoms with Crippen molar-refractivity contribution in [3.05, 3.63) is 46.8 Å². The fourth-order valence-electron chi connectivity index (χ4n) is 2.03. The van der Waals surface area contributed by atoms with E-state index in [1.807, 2.05) is 0 Å². The molecule has 0 aliphatic heterocycles. The summed E-state index contributed by atoms with van der Waals surface area (Å²) in [4.78, 5) is 22.6. The molecule has 88 valence electrons. The number of hydrogen-bond donors (Lipinski definition) is 1. The highest BCUT2D eigenvalue weighted by Crippen LogP contribution is 2.24. The van der Waals surface area contributed by atoms with Crippen LogP contribution < -0.4 is 0 Å². The Labute approximate surface area is 97.6 Å². The smallest absolute Gasteiger partial charge is 0.328 e. The van der Waals surface area contributed by atoms with Crippen LogP contribution in [0.2, 0.25) is 0 Å². The Hall–Kier alpha value is -1.97. The number of Topliss-reactive ketones (excluding diaryl/α,β-unsaturated/α-hetero) is 1. The number of carboxylic acid groups (broad SMARTS) is 1. The molecule has 0 spiro atoms. The van der Waals surface area contributed by atoms with E-state index in [0.717, 1.165) is 6.08 Å². The second kappa shape index (κ2) is 4.49. The standard InChI is InChI=1S/C13H11FO3/c14-10-4-5-11-8(6-10)2-1-3-9(13(11)17)7-12(15)16/h4-7H,1-3H2,(H,15,16)/b9-7+. The molecule has 0 amide bonds. The van der Waals surface area contributed by atoms with E-state index in [2.05, 4.69) is 0 Å². The first-order chi connectivity index (χ1) is 8.08. The summed E-state index contributed by atoms with van der Waals surface area (Å²) in [5.41, 5.74) is 1.35. The summed E-state index contributed by atoms with van der Waals surface area (Å²) in [5.74, 6) is -1.80. The predicted molar refractivity (Wildman–Crippen MR) is 59.4 cm³/mol. The highest BCUT2D eigenvalue weighted by molar-refractivity contribution is 6.12. The van der Waals surface area contributed by atoms with Crippen molar-refractivity contribution in [3.8, 4) is 0 Å². The lowest BCUT2D eigenvalue weighted by Gasteiger charge is -2.04. The summed E-state index contributed by atoms with van der Waals surface area (Å²) in [5, 5.41) is 8.68. The topological polar surface area (TPSA) is 54.4 Å². The number of allylic oxidation sites excluding steroid dienone is 1. The molecule has 0 aromatic heterocycles. The maximum atomic E-state index is 13.0. The van der Waals surface area contributed by atoms with Gasteiger partial charge in [-0.05, 0) is 43.0 Å². The van der Waals surface area contributed by atoms with Gasteiger partial charge in [0.25, 0.3) is 0 Å². The van der Waals surface area contributed by atoms with Crippen LogP contribution in [0.3, 0.4) is 0 Å². The van der Waals surface area contributed by atoms with E-state index in [1.165, 1.54) is 18.2 Å². The third-order valence-electron chi connectivity index (χ3n) is 2.79. The van der Waals surface area contributed by atoms with Crippen molar-refractivity contribution in [2.75, 3.05) is 0 Å². The number of carbonyl (C=O) groups is 2. The number of hydrogen-bond acceptors (Lipinski definition) is 2. The van der Waals surface area contributed by atoms with E-state index in [-0.39, 0.29) is 17.2 Å². The first kappa shape index (κ1) is 11.5. The van der Waals surface area contributed by atoms with Crippen molar-refractivity contribution in [2.45, 2.75) is 19.3 Å². The van der Waals surface area contributed by atoms with E-state index in [4.69, 9.17) is 5.11 Å². The number of carboxylic acids is 1. The molecule has 17 heavy (non-hydrogen) atoms. The number of aryl methyl sites for hydroxylation is 1. The van der Waals surface area contributed by atoms with Crippen molar-refractivity contribution in [2.24, 2.45) is 0 Å². The fraction of sp³-hybridized carbons (Fsp3) is 0.231. The van der Waals surface area contributed by atoms with Gasteiger partial charge in [-0.15, -0.1) is 0 Å². The molecule has 0 atom stereocenters. The van der Waals surface area contributed by atoms with Gasteiger partial charge in [-0.1, -0.05) is 0 Å². The monoisotopic (exact) mass is 234 g/mol. The number of benzene rings is 1. The molecule has 1 aliphatic carbocycles. The molecule has 0 saturated carbocycles. The molecule has 0 heterocycles. The third kappa shape index (κ3) is 2.41. The first-order valence-electron chi connectivity index (χ1n) is 5.34. The Morgan fingerprint density at radius 3 is 2.82 bits per heavy atom. The molecule has 0 unspecified atom stereocenters. The molecular formula is C13H11FO3. The fourth-order valence-corrected chi connectivity index (χ4v) is 2.03. The predicted octanol–water partition coefficient (Wildman–Crippen LogP) is 2.36. The second-order valence-corrected chi connectivity index (χ2v) is 3.99. The summed E-state index contributed by atoms with van der Waals surface area (Å²) in [7, 11) is 0. The minimum absolute atomic E-state index is 0.280. The molecule has 1 aromatic carbocycles. The van der Waals surface area contributed by atoms with Crippen LogP contribution in [0.1, 0.15) is 28.8 Å². The van der Waals surface area contributed by atoms with Gasteiger partial charge >= 0.3 is 5.97 Å². The molecule has 1 aliphatic rings. The summed E-state index contributed by atoms with van der Waals surface area (Å²) in [6, 6.07) is 3.99. The summed E-state index contributed by atoms with van der Waals surface area (Å²) in [6.07, 6.45) is 2.61. The number of halogens is 1. The average Bonchev–Trinajstić information content (AvgIpc) is 2.39. The van der Waals surface area contributed by atoms with Crippen LogP contribution in [0.5, 0.6) is 0 Å². The van der Waals surface area contributed by atoms with E-state index < -0.39 is 5.97 Å². The van der Waals surface area contributed by atoms with Crippen LogP contribution in [-0.2, 0) is 11.2 Å². The summed E-state index contributed by atoms with van der Waals surface area (Å²) in [6.45, 7) is 0. The van der Waals surface area contributed by atoms with Crippen LogP contribution in [0.4, 0.5) is 4.39 Å². The van der Waals surface area contributed by atoms with E-state index in [9.17, 15) is 14.0 Å². The highest BCUT2D eigenvalue weighted by atomic mass is 19.1. The molecule has 4 heteroatoms. The zero-order valence-electron chi connectivity index (χ0n) is 9.07. The van der Waals surface area contributed by atoms with E-state index in [0.29, 0.717) is 30.4 Å². The Kier molecular flexibility index (Phi) is 3.04. The Morgan fingerprint density at radius 2 is 2.12 bits per heavy atom. The highest BCUT2D eigenvalue weighted by Gasteiger charge is 2.20. The van der Waals surface area contributed by atoms with Crippen LogP contribution in [0.25, 0.3) is 0 Å². The summed E-state index contributed by atoms with van der Waals surface area (Å²) < 4.78 is 13.0. The molecule has 0 radical (unpaired) electrons. The van der Waals surface area contributed by atoms with Crippen molar-refractivity contribution < 1.29 is 19.1 Å². The molecule has 0 bridgehead atoms. The lowest BCUT2D eigenvalue weighted by atomic mass is 10.00. The molecule has 3 nitrogen and oxygen atoms in total. The quantitative estimate of drug-likeness (QED) is 0.599. The number of carbonyl (C=O) groups excluding carboxylic acids is 1. The largest absolute Gasteiger partial charge is 0.478 e. The number of aliphatic carboxylic acids is 1. The van der Waals surface area contributed by atoms with Gasteiger partial charge in [0, 0.05) is 17.2 Å². The Bertz CT molecular complexity index is 517. The SMILES string of the molecule is O=C(O)/C=C1\CCCc2cc(F)ccc2C1=O. The normalized spacial score (nSPS) is 17.7. The van der Waals surface area contributed by atoms with Crippen LogP contribution >= 0.6 is 0 Å². The Balaban J connectivity index is 2.47. The molecule has 0 fully saturated rings. The van der Waals surface area contributed by atoms with Crippen molar-refractivity contribution >= 4 is 11.8 Å². The number of fused-ring (bicyclic) bond motifs is 1. The van der Waals surface area contributed by atoms with Gasteiger partial charge in [0.1, 0.15) is 5.82 Å². The maximum Gasteiger partial charge on any atom is 0.328 e. The van der Waals surface area contributed by atoms with Crippen LogP contribution in [0, 0.1) is 5.82 Å². The van der Waals surface area contributed by atoms with Gasteiger partial charge in [0.05, 0.1) is 0 Å². The van der Waals surface area contributed by atoms with E-state index in [1.54, 1.807) is 0 Å². The zero-order chi connectivity index (χ0) is 12.4.